The molecular formula is C6H6N2OS. The Morgan fingerprint density at radius 1 is 1.90 bits per heavy atom. The minimum atomic E-state index is -0.0206. The van der Waals surface area contributed by atoms with Crippen LogP contribution in [0.2, 0.25) is 0 Å². The number of hydrogen-bond donors (Lipinski definition) is 0. The van der Waals surface area contributed by atoms with Crippen molar-refractivity contribution in [2.24, 2.45) is 0 Å². The number of nitrogens with zero attached hydrogens (tertiary/aromatic N) is 2. The Balaban J connectivity index is 2.56. The largest absolute Gasteiger partial charge is 0.294 e. The van der Waals surface area contributed by atoms with Crippen LogP contribution in [0, 0.1) is 0 Å². The molecule has 10 heavy (non-hydrogen) atoms. The highest BCUT2D eigenvalue weighted by Crippen LogP contribution is 1.98. The molecule has 0 fully saturated rings. The van der Waals surface area contributed by atoms with Crippen molar-refractivity contribution in [3.63, 3.8) is 0 Å². The van der Waals surface area contributed by atoms with Crippen LogP contribution in [0.15, 0.2) is 18.0 Å². The number of allylic oxidation sites excluding steroid dienone is 1. The molecule has 0 atom stereocenters. The van der Waals surface area contributed by atoms with Crippen LogP contribution >= 0.6 is 11.5 Å². The van der Waals surface area contributed by atoms with E-state index in [0.717, 1.165) is 5.69 Å². The second-order valence-corrected chi connectivity index (χ2v) is 2.35. The molecule has 3 nitrogen and oxygen atoms in total. The van der Waals surface area contributed by atoms with Crippen LogP contribution < -0.4 is 0 Å². The lowest BCUT2D eigenvalue weighted by atomic mass is 10.2. The zero-order chi connectivity index (χ0) is 7.40. The molecule has 0 bridgehead atoms. The average molecular weight is 154 g/mol. The van der Waals surface area contributed by atoms with Crippen molar-refractivity contribution in [1.29, 1.82) is 0 Å². The Labute approximate surface area is 62.6 Å². The van der Waals surface area contributed by atoms with Gasteiger partial charge in [0.05, 0.1) is 12.1 Å². The molecule has 0 aliphatic carbocycles. The molecule has 0 amide bonds. The number of hydrogen-bond acceptors (Lipinski definition) is 4. The summed E-state index contributed by atoms with van der Waals surface area (Å²) in [5.74, 6) is -0.0206. The fraction of sp³-hybridized carbons (Fsp3) is 0.167. The first kappa shape index (κ1) is 7.08. The molecule has 0 saturated carbocycles. The van der Waals surface area contributed by atoms with E-state index in [1.54, 1.807) is 5.38 Å². The third-order valence-corrected chi connectivity index (χ3v) is 1.54. The summed E-state index contributed by atoms with van der Waals surface area (Å²) in [5, 5.41) is 5.46. The summed E-state index contributed by atoms with van der Waals surface area (Å²) in [7, 11) is 0. The maximum Gasteiger partial charge on any atom is 0.161 e. The highest BCUT2D eigenvalue weighted by atomic mass is 32.1. The third kappa shape index (κ3) is 1.73. The van der Waals surface area contributed by atoms with Crippen LogP contribution in [0.1, 0.15) is 5.69 Å². The monoisotopic (exact) mass is 154 g/mol. The van der Waals surface area contributed by atoms with E-state index in [2.05, 4.69) is 16.2 Å². The van der Waals surface area contributed by atoms with Crippen molar-refractivity contribution >= 4 is 17.3 Å². The molecule has 0 spiro atoms. The van der Waals surface area contributed by atoms with E-state index in [4.69, 9.17) is 0 Å². The maximum absolute atomic E-state index is 10.7. The van der Waals surface area contributed by atoms with Crippen molar-refractivity contribution in [1.82, 2.24) is 9.59 Å². The van der Waals surface area contributed by atoms with E-state index in [1.807, 2.05) is 0 Å². The molecule has 0 saturated heterocycles. The molecule has 0 aliphatic rings. The van der Waals surface area contributed by atoms with Crippen LogP contribution in [0.3, 0.4) is 0 Å². The molecule has 0 N–H and O–H groups in total. The Hall–Kier alpha value is -1.03. The summed E-state index contributed by atoms with van der Waals surface area (Å²) < 4.78 is 3.61. The first-order valence-corrected chi connectivity index (χ1v) is 3.58. The van der Waals surface area contributed by atoms with Gasteiger partial charge in [0, 0.05) is 5.38 Å². The average Bonchev–Trinajstić information content (AvgIpc) is 2.40. The summed E-state index contributed by atoms with van der Waals surface area (Å²) in [6.07, 6.45) is 1.61. The second kappa shape index (κ2) is 3.22. The van der Waals surface area contributed by atoms with Gasteiger partial charge in [0.1, 0.15) is 0 Å². The van der Waals surface area contributed by atoms with Gasteiger partial charge in [-0.15, -0.1) is 5.10 Å². The number of carbonyl (C=O) groups is 1. The highest BCUT2D eigenvalue weighted by molar-refractivity contribution is 7.03. The molecule has 1 aromatic heterocycles. The molecule has 52 valence electrons. The molecule has 4 heteroatoms. The van der Waals surface area contributed by atoms with Gasteiger partial charge in [0.25, 0.3) is 0 Å². The smallest absolute Gasteiger partial charge is 0.161 e. The zero-order valence-corrected chi connectivity index (χ0v) is 6.10. The van der Waals surface area contributed by atoms with E-state index in [0.29, 0.717) is 6.42 Å². The minimum absolute atomic E-state index is 0.0206. The molecule has 1 rings (SSSR count). The lowest BCUT2D eigenvalue weighted by molar-refractivity contribution is -0.114. The fourth-order valence-corrected chi connectivity index (χ4v) is 0.963. The number of carbonyl (C=O) groups excluding carboxylic acids is 1. The maximum atomic E-state index is 10.7. The van der Waals surface area contributed by atoms with Crippen LogP contribution in [-0.4, -0.2) is 15.4 Å². The second-order valence-electron chi connectivity index (χ2n) is 1.74. The van der Waals surface area contributed by atoms with Crippen molar-refractivity contribution < 1.29 is 4.79 Å². The molecular weight excluding hydrogens is 148 g/mol. The predicted molar refractivity (Wildman–Crippen MR) is 38.8 cm³/mol. The SMILES string of the molecule is C=CC(=O)Cc1csnn1. The molecule has 0 aliphatic heterocycles. The van der Waals surface area contributed by atoms with Crippen LogP contribution in [0.4, 0.5) is 0 Å². The minimum Gasteiger partial charge on any atom is -0.294 e. The van der Waals surface area contributed by atoms with Crippen LogP contribution in [0.5, 0.6) is 0 Å². The lowest BCUT2D eigenvalue weighted by Crippen LogP contribution is -1.97. The third-order valence-electron chi connectivity index (χ3n) is 0.988. The number of ketones is 1. The highest BCUT2D eigenvalue weighted by Gasteiger charge is 2.00. The summed E-state index contributed by atoms with van der Waals surface area (Å²) in [6, 6.07) is 0. The zero-order valence-electron chi connectivity index (χ0n) is 5.28. The van der Waals surface area contributed by atoms with Gasteiger partial charge in [0.15, 0.2) is 5.78 Å². The van der Waals surface area contributed by atoms with Gasteiger partial charge in [0.2, 0.25) is 0 Å². The van der Waals surface area contributed by atoms with E-state index < -0.39 is 0 Å². The van der Waals surface area contributed by atoms with Crippen molar-refractivity contribution in [3.8, 4) is 0 Å². The molecule has 0 aromatic carbocycles. The number of rotatable bonds is 3. The number of aromatic nitrogens is 2. The molecule has 0 unspecified atom stereocenters. The summed E-state index contributed by atoms with van der Waals surface area (Å²) >= 11 is 1.24. The van der Waals surface area contributed by atoms with Crippen molar-refractivity contribution in [3.05, 3.63) is 23.7 Å². The van der Waals surface area contributed by atoms with Gasteiger partial charge < -0.3 is 0 Å². The molecule has 0 radical (unpaired) electrons. The standard InChI is InChI=1S/C6H6N2OS/c1-2-6(9)3-5-4-10-8-7-5/h2,4H,1,3H2. The van der Waals surface area contributed by atoms with Gasteiger partial charge in [-0.1, -0.05) is 11.1 Å². The Morgan fingerprint density at radius 2 is 2.70 bits per heavy atom. The summed E-state index contributed by atoms with van der Waals surface area (Å²) in [5.41, 5.74) is 0.718. The lowest BCUT2D eigenvalue weighted by Gasteiger charge is -1.85. The van der Waals surface area contributed by atoms with Gasteiger partial charge in [-0.05, 0) is 17.6 Å². The fourth-order valence-electron chi connectivity index (χ4n) is 0.512. The topological polar surface area (TPSA) is 42.9 Å². The van der Waals surface area contributed by atoms with Crippen molar-refractivity contribution in [2.75, 3.05) is 0 Å². The van der Waals surface area contributed by atoms with E-state index in [9.17, 15) is 4.79 Å². The van der Waals surface area contributed by atoms with Crippen LogP contribution in [-0.2, 0) is 11.2 Å². The van der Waals surface area contributed by atoms with Crippen LogP contribution in [0.25, 0.3) is 0 Å². The molecule has 1 aromatic rings. The van der Waals surface area contributed by atoms with Gasteiger partial charge in [-0.2, -0.15) is 0 Å². The van der Waals surface area contributed by atoms with Gasteiger partial charge in [-0.25, -0.2) is 0 Å². The Kier molecular flexibility index (Phi) is 2.28. The van der Waals surface area contributed by atoms with Gasteiger partial charge in [-0.3, -0.25) is 4.79 Å². The summed E-state index contributed by atoms with van der Waals surface area (Å²) in [4.78, 5) is 10.7. The predicted octanol–water partition coefficient (Wildman–Crippen LogP) is 0.836. The Bertz CT molecular complexity index is 230. The van der Waals surface area contributed by atoms with E-state index >= 15 is 0 Å². The molecule has 1 heterocycles. The first-order chi connectivity index (χ1) is 4.83. The normalized spacial score (nSPS) is 9.20. The Morgan fingerprint density at radius 3 is 3.20 bits per heavy atom. The quantitative estimate of drug-likeness (QED) is 0.606. The van der Waals surface area contributed by atoms with Gasteiger partial charge >= 0.3 is 0 Å². The summed E-state index contributed by atoms with van der Waals surface area (Å²) in [6.45, 7) is 3.35. The van der Waals surface area contributed by atoms with E-state index in [1.165, 1.54) is 17.6 Å². The first-order valence-electron chi connectivity index (χ1n) is 2.74. The van der Waals surface area contributed by atoms with E-state index in [-0.39, 0.29) is 5.78 Å². The van der Waals surface area contributed by atoms with Crippen molar-refractivity contribution in [2.45, 2.75) is 6.42 Å².